The van der Waals surface area contributed by atoms with Gasteiger partial charge in [0.05, 0.1) is 22.3 Å². The van der Waals surface area contributed by atoms with Crippen molar-refractivity contribution >= 4 is 41.1 Å². The average Bonchev–Trinajstić information content (AvgIpc) is 3.13. The van der Waals surface area contributed by atoms with E-state index in [0.717, 1.165) is 0 Å². The summed E-state index contributed by atoms with van der Waals surface area (Å²) in [7, 11) is 0. The second-order valence-corrected chi connectivity index (χ2v) is 7.12. The first-order valence-corrected chi connectivity index (χ1v) is 9.01. The molecule has 4 rings (SSSR count). The van der Waals surface area contributed by atoms with Gasteiger partial charge in [0.15, 0.2) is 6.29 Å². The first-order valence-electron chi connectivity index (χ1n) is 8.25. The number of hydrogen-bond acceptors (Lipinski definition) is 4. The molecule has 0 unspecified atom stereocenters. The molecule has 0 bridgehead atoms. The Hall–Kier alpha value is -2.70. The number of nitrogens with zero attached hydrogens (tertiary/aromatic N) is 4. The van der Waals surface area contributed by atoms with Crippen LogP contribution in [-0.4, -0.2) is 33.5 Å². The van der Waals surface area contributed by atoms with Crippen LogP contribution in [0.5, 0.6) is 0 Å². The van der Waals surface area contributed by atoms with Gasteiger partial charge >= 0.3 is 0 Å². The monoisotopic (exact) mass is 400 g/mol. The number of pyridine rings is 1. The smallest absolute Gasteiger partial charge is 0.277 e. The van der Waals surface area contributed by atoms with Crippen LogP contribution in [0.25, 0.3) is 11.1 Å². The van der Waals surface area contributed by atoms with Crippen molar-refractivity contribution in [3.63, 3.8) is 0 Å². The Balaban J connectivity index is 1.81. The van der Waals surface area contributed by atoms with Gasteiger partial charge in [-0.25, -0.2) is 0 Å². The molecule has 2 aromatic heterocycles. The fourth-order valence-electron chi connectivity index (χ4n) is 3.23. The molecular formula is C19H14Cl2N4O2. The molecule has 0 saturated carbocycles. The summed E-state index contributed by atoms with van der Waals surface area (Å²) in [5, 5.41) is 5.21. The summed E-state index contributed by atoms with van der Waals surface area (Å²) in [5.74, 6) is -0.191. The lowest BCUT2D eigenvalue weighted by atomic mass is 10.0. The summed E-state index contributed by atoms with van der Waals surface area (Å²) in [6, 6.07) is 8.47. The topological polar surface area (TPSA) is 68.1 Å². The molecule has 0 N–H and O–H groups in total. The van der Waals surface area contributed by atoms with Crippen LogP contribution in [0.4, 0.5) is 5.69 Å². The fraction of sp³-hybridized carbons (Fsp3) is 0.158. The molecule has 1 aliphatic rings. The number of hydrogen-bond donors (Lipinski definition) is 0. The van der Waals surface area contributed by atoms with Crippen molar-refractivity contribution in [3.8, 4) is 11.1 Å². The second kappa shape index (κ2) is 6.79. The Bertz CT molecular complexity index is 1060. The molecule has 6 nitrogen and oxygen atoms in total. The molecule has 136 valence electrons. The SMILES string of the molecule is C[C@H]1CN(c2ccc(Cl)c(Cl)c2)C(=O)c2c(-c3ccnc(C=O)c3)cnn21. The minimum atomic E-state index is -0.191. The number of anilines is 1. The van der Waals surface area contributed by atoms with Crippen LogP contribution in [0.3, 0.4) is 0 Å². The highest BCUT2D eigenvalue weighted by Gasteiger charge is 2.33. The van der Waals surface area contributed by atoms with E-state index in [2.05, 4.69) is 10.1 Å². The molecule has 8 heteroatoms. The number of fused-ring (bicyclic) bond motifs is 1. The summed E-state index contributed by atoms with van der Waals surface area (Å²) >= 11 is 12.1. The van der Waals surface area contributed by atoms with Crippen molar-refractivity contribution in [2.24, 2.45) is 0 Å². The third kappa shape index (κ3) is 3.01. The van der Waals surface area contributed by atoms with E-state index in [-0.39, 0.29) is 11.9 Å². The van der Waals surface area contributed by atoms with Gasteiger partial charge < -0.3 is 4.90 Å². The van der Waals surface area contributed by atoms with Gasteiger partial charge in [-0.15, -0.1) is 0 Å². The Kier molecular flexibility index (Phi) is 4.45. The highest BCUT2D eigenvalue weighted by atomic mass is 35.5. The van der Waals surface area contributed by atoms with Gasteiger partial charge in [0.2, 0.25) is 0 Å². The van der Waals surface area contributed by atoms with Gasteiger partial charge in [0.25, 0.3) is 5.91 Å². The molecule has 3 heterocycles. The van der Waals surface area contributed by atoms with Crippen molar-refractivity contribution in [2.45, 2.75) is 13.0 Å². The molecule has 0 fully saturated rings. The van der Waals surface area contributed by atoms with E-state index in [0.29, 0.717) is 51.1 Å². The minimum absolute atomic E-state index is 0.0340. The van der Waals surface area contributed by atoms with E-state index in [9.17, 15) is 9.59 Å². The highest BCUT2D eigenvalue weighted by molar-refractivity contribution is 6.42. The maximum absolute atomic E-state index is 13.3. The number of carbonyl (C=O) groups is 2. The highest BCUT2D eigenvalue weighted by Crippen LogP contribution is 2.34. The van der Waals surface area contributed by atoms with Crippen LogP contribution in [0, 0.1) is 0 Å². The number of halogens is 2. The first kappa shape index (κ1) is 17.7. The number of rotatable bonds is 3. The molecule has 1 amide bonds. The maximum atomic E-state index is 13.3. The Morgan fingerprint density at radius 1 is 1.19 bits per heavy atom. The standard InChI is InChI=1S/C19H14Cl2N4O2/c1-11-9-24(14-2-3-16(20)17(21)7-14)19(27)18-15(8-23-25(11)18)12-4-5-22-13(6-12)10-26/h2-8,10-11H,9H2,1H3/t11-/m0/s1. The summed E-state index contributed by atoms with van der Waals surface area (Å²) < 4.78 is 1.71. The van der Waals surface area contributed by atoms with Crippen LogP contribution in [-0.2, 0) is 0 Å². The van der Waals surface area contributed by atoms with Crippen LogP contribution >= 0.6 is 23.2 Å². The van der Waals surface area contributed by atoms with E-state index in [1.807, 2.05) is 6.92 Å². The fourth-order valence-corrected chi connectivity index (χ4v) is 3.52. The van der Waals surface area contributed by atoms with Gasteiger partial charge in [-0.1, -0.05) is 23.2 Å². The number of benzene rings is 1. The predicted molar refractivity (Wildman–Crippen MR) is 104 cm³/mol. The zero-order chi connectivity index (χ0) is 19.1. The number of aromatic nitrogens is 3. The Labute approximate surface area is 165 Å². The van der Waals surface area contributed by atoms with Crippen LogP contribution in [0.1, 0.15) is 33.9 Å². The van der Waals surface area contributed by atoms with Crippen molar-refractivity contribution in [2.75, 3.05) is 11.4 Å². The lowest BCUT2D eigenvalue weighted by Crippen LogP contribution is -2.42. The largest absolute Gasteiger partial charge is 0.305 e. The summed E-state index contributed by atoms with van der Waals surface area (Å²) in [6.07, 6.45) is 3.86. The summed E-state index contributed by atoms with van der Waals surface area (Å²) in [4.78, 5) is 30.0. The lowest BCUT2D eigenvalue weighted by Gasteiger charge is -2.32. The number of aldehydes is 1. The van der Waals surface area contributed by atoms with Crippen LogP contribution in [0.2, 0.25) is 10.0 Å². The second-order valence-electron chi connectivity index (χ2n) is 6.30. The quantitative estimate of drug-likeness (QED) is 0.615. The number of carbonyl (C=O) groups excluding carboxylic acids is 2. The molecule has 0 aliphatic carbocycles. The zero-order valence-corrected chi connectivity index (χ0v) is 15.8. The van der Waals surface area contributed by atoms with E-state index < -0.39 is 0 Å². The van der Waals surface area contributed by atoms with Crippen molar-refractivity contribution in [1.29, 1.82) is 0 Å². The molecule has 3 aromatic rings. The lowest BCUT2D eigenvalue weighted by molar-refractivity contribution is 0.0954. The van der Waals surface area contributed by atoms with Gasteiger partial charge in [0.1, 0.15) is 11.4 Å². The van der Waals surface area contributed by atoms with Crippen molar-refractivity contribution in [3.05, 3.63) is 64.2 Å². The van der Waals surface area contributed by atoms with Gasteiger partial charge in [0, 0.05) is 24.0 Å². The van der Waals surface area contributed by atoms with E-state index >= 15 is 0 Å². The molecule has 1 atom stereocenters. The molecule has 27 heavy (non-hydrogen) atoms. The molecule has 0 radical (unpaired) electrons. The first-order chi connectivity index (χ1) is 13.0. The molecular weight excluding hydrogens is 387 g/mol. The summed E-state index contributed by atoms with van der Waals surface area (Å²) in [5.41, 5.74) is 2.79. The van der Waals surface area contributed by atoms with Gasteiger partial charge in [-0.3, -0.25) is 19.3 Å². The molecule has 0 spiro atoms. The van der Waals surface area contributed by atoms with Crippen molar-refractivity contribution < 1.29 is 9.59 Å². The van der Waals surface area contributed by atoms with Crippen LogP contribution < -0.4 is 4.90 Å². The Morgan fingerprint density at radius 2 is 2.00 bits per heavy atom. The zero-order valence-electron chi connectivity index (χ0n) is 14.3. The van der Waals surface area contributed by atoms with Crippen LogP contribution in [0.15, 0.2) is 42.7 Å². The molecule has 1 aromatic carbocycles. The van der Waals surface area contributed by atoms with E-state index in [4.69, 9.17) is 23.2 Å². The Morgan fingerprint density at radius 3 is 2.74 bits per heavy atom. The van der Waals surface area contributed by atoms with E-state index in [1.165, 1.54) is 6.20 Å². The molecule has 1 aliphatic heterocycles. The summed E-state index contributed by atoms with van der Waals surface area (Å²) in [6.45, 7) is 2.45. The van der Waals surface area contributed by atoms with Gasteiger partial charge in [-0.2, -0.15) is 5.10 Å². The average molecular weight is 401 g/mol. The van der Waals surface area contributed by atoms with Crippen molar-refractivity contribution in [1.82, 2.24) is 14.8 Å². The minimum Gasteiger partial charge on any atom is -0.305 e. The predicted octanol–water partition coefficient (Wildman–Crippen LogP) is 4.29. The molecule has 0 saturated heterocycles. The third-order valence-corrected chi connectivity index (χ3v) is 5.27. The normalized spacial score (nSPS) is 16.3. The maximum Gasteiger partial charge on any atom is 0.277 e. The number of amides is 1. The van der Waals surface area contributed by atoms with Gasteiger partial charge in [-0.05, 0) is 42.8 Å². The third-order valence-electron chi connectivity index (χ3n) is 4.54. The van der Waals surface area contributed by atoms with E-state index in [1.54, 1.807) is 46.1 Å².